The van der Waals surface area contributed by atoms with Crippen LogP contribution in [0.25, 0.3) is 55.7 Å². The molecule has 6 aromatic rings. The first-order valence-corrected chi connectivity index (χ1v) is 10.4. The van der Waals surface area contributed by atoms with Crippen molar-refractivity contribution in [3.8, 4) is 39.5 Å². The van der Waals surface area contributed by atoms with E-state index in [2.05, 4.69) is 31.2 Å². The molecule has 2 aromatic carbocycles. The van der Waals surface area contributed by atoms with Crippen LogP contribution in [0.1, 0.15) is 0 Å². The Morgan fingerprint density at radius 3 is 2.64 bits per heavy atom. The Morgan fingerprint density at radius 2 is 1.79 bits per heavy atom. The number of ether oxygens (including phenoxy) is 1. The summed E-state index contributed by atoms with van der Waals surface area (Å²) < 4.78 is 19.4. The molecule has 6 nitrogen and oxygen atoms in total. The summed E-state index contributed by atoms with van der Waals surface area (Å²) in [6.07, 6.45) is 3.49. The van der Waals surface area contributed by atoms with Crippen LogP contribution in [0.5, 0.6) is 5.75 Å². The average molecular weight is 435 g/mol. The number of H-pyrrole nitrogens is 2. The van der Waals surface area contributed by atoms with Crippen LogP contribution in [0.2, 0.25) is 0 Å². The predicted octanol–water partition coefficient (Wildman–Crippen LogP) is 5.98. The van der Waals surface area contributed by atoms with E-state index in [0.717, 1.165) is 44.5 Å². The van der Waals surface area contributed by atoms with Crippen molar-refractivity contribution in [3.05, 3.63) is 84.9 Å². The Morgan fingerprint density at radius 1 is 0.848 bits per heavy atom. The van der Waals surface area contributed by atoms with Crippen LogP contribution >= 0.6 is 0 Å². The number of rotatable bonds is 4. The molecule has 0 amide bonds. The average Bonchev–Trinajstić information content (AvgIpc) is 3.47. The molecule has 4 heterocycles. The maximum absolute atomic E-state index is 14.2. The van der Waals surface area contributed by atoms with E-state index in [-0.39, 0.29) is 5.82 Å². The number of hydrogen-bond acceptors (Lipinski definition) is 4. The van der Waals surface area contributed by atoms with Crippen molar-refractivity contribution >= 4 is 21.9 Å². The minimum absolute atomic E-state index is 0.356. The summed E-state index contributed by atoms with van der Waals surface area (Å²) >= 11 is 0. The predicted molar refractivity (Wildman–Crippen MR) is 126 cm³/mol. The minimum atomic E-state index is -0.356. The molecule has 0 spiro atoms. The van der Waals surface area contributed by atoms with Gasteiger partial charge in [0.15, 0.2) is 0 Å². The highest BCUT2D eigenvalue weighted by Crippen LogP contribution is 2.35. The highest BCUT2D eigenvalue weighted by Gasteiger charge is 2.16. The third-order valence-corrected chi connectivity index (χ3v) is 5.73. The first-order valence-electron chi connectivity index (χ1n) is 10.4. The second kappa shape index (κ2) is 7.56. The lowest BCUT2D eigenvalue weighted by Crippen LogP contribution is -1.88. The molecule has 33 heavy (non-hydrogen) atoms. The number of aromatic amines is 2. The third-order valence-electron chi connectivity index (χ3n) is 5.73. The second-order valence-electron chi connectivity index (χ2n) is 7.73. The summed E-state index contributed by atoms with van der Waals surface area (Å²) in [5.41, 5.74) is 6.69. The summed E-state index contributed by atoms with van der Waals surface area (Å²) in [7, 11) is 1.52. The third kappa shape index (κ3) is 3.30. The second-order valence-corrected chi connectivity index (χ2v) is 7.73. The fraction of sp³-hybridized carbons (Fsp3) is 0.0385. The molecule has 0 radical (unpaired) electrons. The summed E-state index contributed by atoms with van der Waals surface area (Å²) in [4.78, 5) is 12.3. The van der Waals surface area contributed by atoms with Gasteiger partial charge in [-0.25, -0.2) is 9.37 Å². The molecule has 160 valence electrons. The molecule has 0 saturated carbocycles. The van der Waals surface area contributed by atoms with Gasteiger partial charge in [-0.05, 0) is 59.7 Å². The molecular formula is C26H18FN5O. The molecule has 0 bridgehead atoms. The van der Waals surface area contributed by atoms with Gasteiger partial charge in [0.05, 0.1) is 24.0 Å². The Bertz CT molecular complexity index is 1620. The van der Waals surface area contributed by atoms with Crippen molar-refractivity contribution in [1.82, 2.24) is 25.1 Å². The highest BCUT2D eigenvalue weighted by molar-refractivity contribution is 6.00. The Labute approximate surface area is 188 Å². The molecule has 2 N–H and O–H groups in total. The number of benzene rings is 2. The Balaban J connectivity index is 1.50. The van der Waals surface area contributed by atoms with Crippen LogP contribution in [-0.4, -0.2) is 32.3 Å². The van der Waals surface area contributed by atoms with E-state index in [1.165, 1.54) is 19.2 Å². The number of fused-ring (bicyclic) bond motifs is 2. The van der Waals surface area contributed by atoms with Crippen molar-refractivity contribution in [1.29, 1.82) is 0 Å². The topological polar surface area (TPSA) is 79.5 Å². The first kappa shape index (κ1) is 19.2. The van der Waals surface area contributed by atoms with Crippen molar-refractivity contribution in [3.63, 3.8) is 0 Å². The molecule has 0 atom stereocenters. The van der Waals surface area contributed by atoms with Crippen LogP contribution in [0.3, 0.4) is 0 Å². The number of nitrogens with zero attached hydrogens (tertiary/aromatic N) is 3. The van der Waals surface area contributed by atoms with Crippen LogP contribution in [-0.2, 0) is 0 Å². The molecule has 0 aliphatic carbocycles. The number of hydrogen-bond donors (Lipinski definition) is 2. The first-order chi connectivity index (χ1) is 16.2. The summed E-state index contributed by atoms with van der Waals surface area (Å²) in [6, 6.07) is 20.5. The van der Waals surface area contributed by atoms with Gasteiger partial charge in [-0.3, -0.25) is 10.1 Å². The quantitative estimate of drug-likeness (QED) is 0.357. The van der Waals surface area contributed by atoms with Crippen LogP contribution in [0, 0.1) is 5.82 Å². The zero-order valence-corrected chi connectivity index (χ0v) is 17.6. The smallest absolute Gasteiger partial charge is 0.138 e. The molecule has 4 aromatic heterocycles. The number of pyridine rings is 2. The maximum atomic E-state index is 14.2. The zero-order valence-electron chi connectivity index (χ0n) is 17.6. The van der Waals surface area contributed by atoms with Gasteiger partial charge >= 0.3 is 0 Å². The molecule has 0 aliphatic rings. The lowest BCUT2D eigenvalue weighted by Gasteiger charge is -2.06. The van der Waals surface area contributed by atoms with Crippen molar-refractivity contribution in [2.45, 2.75) is 0 Å². The van der Waals surface area contributed by atoms with Gasteiger partial charge in [0.2, 0.25) is 0 Å². The van der Waals surface area contributed by atoms with E-state index in [9.17, 15) is 4.39 Å². The van der Waals surface area contributed by atoms with Gasteiger partial charge in [0.1, 0.15) is 22.9 Å². The fourth-order valence-corrected chi connectivity index (χ4v) is 4.15. The Hall–Kier alpha value is -4.52. The monoisotopic (exact) mass is 435 g/mol. The van der Waals surface area contributed by atoms with E-state index in [1.807, 2.05) is 48.5 Å². The molecule has 0 fully saturated rings. The number of methoxy groups -OCH3 is 1. The fourth-order valence-electron chi connectivity index (χ4n) is 4.15. The van der Waals surface area contributed by atoms with E-state index >= 15 is 0 Å². The lowest BCUT2D eigenvalue weighted by atomic mass is 10.0. The molecule has 0 aliphatic heterocycles. The van der Waals surface area contributed by atoms with Crippen molar-refractivity contribution in [2.24, 2.45) is 0 Å². The van der Waals surface area contributed by atoms with E-state index in [1.54, 1.807) is 12.4 Å². The number of nitrogens with one attached hydrogen (secondary N) is 2. The summed E-state index contributed by atoms with van der Waals surface area (Å²) in [5.74, 6) is 0.108. The van der Waals surface area contributed by atoms with Crippen molar-refractivity contribution < 1.29 is 9.13 Å². The summed E-state index contributed by atoms with van der Waals surface area (Å²) in [5, 5.41) is 9.50. The van der Waals surface area contributed by atoms with Gasteiger partial charge in [-0.15, -0.1) is 0 Å². The SMILES string of the molecule is COc1cc(F)cc(-c2ccnc3[nH]c(-c4n[nH]c5ccc(-c6ccccn6)cc45)cc23)c1. The summed E-state index contributed by atoms with van der Waals surface area (Å²) in [6.45, 7) is 0. The van der Waals surface area contributed by atoms with E-state index < -0.39 is 0 Å². The van der Waals surface area contributed by atoms with Crippen LogP contribution in [0.4, 0.5) is 4.39 Å². The standard InChI is InChI=1S/C26H18FN5O/c1-33-18-11-16(10-17(27)13-18)19-7-9-29-26-20(19)14-24(30-26)25-21-12-15(5-6-23(21)31-32-25)22-4-2-3-8-28-22/h2-14H,1H3,(H,29,30)(H,31,32). The van der Waals surface area contributed by atoms with Gasteiger partial charge in [-0.1, -0.05) is 12.1 Å². The molecular weight excluding hydrogens is 417 g/mol. The van der Waals surface area contributed by atoms with Gasteiger partial charge in [0, 0.05) is 34.8 Å². The van der Waals surface area contributed by atoms with Gasteiger partial charge in [0.25, 0.3) is 0 Å². The van der Waals surface area contributed by atoms with E-state index in [4.69, 9.17) is 4.74 Å². The molecule has 7 heteroatoms. The lowest BCUT2D eigenvalue weighted by molar-refractivity contribution is 0.411. The van der Waals surface area contributed by atoms with Gasteiger partial charge in [-0.2, -0.15) is 5.10 Å². The largest absolute Gasteiger partial charge is 0.497 e. The van der Waals surface area contributed by atoms with E-state index in [0.29, 0.717) is 17.0 Å². The van der Waals surface area contributed by atoms with Gasteiger partial charge < -0.3 is 9.72 Å². The number of aromatic nitrogens is 5. The van der Waals surface area contributed by atoms with Crippen molar-refractivity contribution in [2.75, 3.05) is 7.11 Å². The molecule has 0 saturated heterocycles. The number of halogens is 1. The minimum Gasteiger partial charge on any atom is -0.497 e. The Kier molecular flexibility index (Phi) is 4.40. The maximum Gasteiger partial charge on any atom is 0.138 e. The highest BCUT2D eigenvalue weighted by atomic mass is 19.1. The van der Waals surface area contributed by atoms with Crippen LogP contribution in [0.15, 0.2) is 79.1 Å². The molecule has 0 unspecified atom stereocenters. The molecule has 6 rings (SSSR count). The van der Waals surface area contributed by atoms with Crippen LogP contribution < -0.4 is 4.74 Å². The normalized spacial score (nSPS) is 11.3. The zero-order chi connectivity index (χ0) is 22.4.